The van der Waals surface area contributed by atoms with Crippen LogP contribution in [0.5, 0.6) is 0 Å². The number of rotatable bonds is 7. The van der Waals surface area contributed by atoms with Crippen molar-refractivity contribution in [3.63, 3.8) is 0 Å². The molecule has 1 N–H and O–H groups in total. The third-order valence-corrected chi connectivity index (χ3v) is 7.57. The van der Waals surface area contributed by atoms with Crippen molar-refractivity contribution in [2.75, 3.05) is 13.2 Å². The summed E-state index contributed by atoms with van der Waals surface area (Å²) in [5.41, 5.74) is 2.36. The normalized spacial score (nSPS) is 19.2. The first-order valence-corrected chi connectivity index (χ1v) is 13.2. The highest BCUT2D eigenvalue weighted by Gasteiger charge is 2.32. The average molecular weight is 519 g/mol. The van der Waals surface area contributed by atoms with Crippen molar-refractivity contribution in [1.82, 2.24) is 10.2 Å². The molecular formula is C28H26N2O4S2. The molecule has 5 rings (SSSR count). The Labute approximate surface area is 219 Å². The van der Waals surface area contributed by atoms with Crippen LogP contribution >= 0.6 is 24.0 Å². The molecule has 184 valence electrons. The second-order valence-electron chi connectivity index (χ2n) is 8.78. The number of esters is 1. The summed E-state index contributed by atoms with van der Waals surface area (Å²) in [7, 11) is 0. The molecule has 3 heterocycles. The summed E-state index contributed by atoms with van der Waals surface area (Å²) in [5, 5.41) is 3.38. The third kappa shape index (κ3) is 5.78. The number of thiocarbonyl (C=S) groups is 1. The van der Waals surface area contributed by atoms with Gasteiger partial charge in [0, 0.05) is 17.7 Å². The maximum atomic E-state index is 12.9. The quantitative estimate of drug-likeness (QED) is 0.246. The van der Waals surface area contributed by atoms with E-state index in [2.05, 4.69) is 5.32 Å². The molecule has 3 aromatic rings. The Kier molecular flexibility index (Phi) is 7.65. The van der Waals surface area contributed by atoms with Gasteiger partial charge in [-0.25, -0.2) is 4.79 Å². The van der Waals surface area contributed by atoms with Gasteiger partial charge in [0.1, 0.15) is 22.4 Å². The van der Waals surface area contributed by atoms with Crippen LogP contribution in [0.2, 0.25) is 0 Å². The second kappa shape index (κ2) is 11.2. The van der Waals surface area contributed by atoms with Gasteiger partial charge in [0.15, 0.2) is 0 Å². The fourth-order valence-corrected chi connectivity index (χ4v) is 5.45. The zero-order valence-electron chi connectivity index (χ0n) is 19.6. The van der Waals surface area contributed by atoms with Crippen molar-refractivity contribution >= 4 is 46.3 Å². The molecule has 8 heteroatoms. The van der Waals surface area contributed by atoms with E-state index in [4.69, 9.17) is 21.4 Å². The standard InChI is InChI=1S/C28H26N2O4S2/c31-26-25(36-28(35)30(26)17-19-6-2-1-3-7-19)16-23-13-14-24(34-23)20-9-11-21(12-10-20)27(32)33-18-22-8-4-5-15-29-22/h1-3,6-7,9-14,16,22,29H,4-5,8,15,17-18H2/b25-16+. The molecule has 0 saturated carbocycles. The molecule has 2 aromatic carbocycles. The molecule has 1 aromatic heterocycles. The van der Waals surface area contributed by atoms with E-state index in [-0.39, 0.29) is 17.9 Å². The Morgan fingerprint density at radius 1 is 1.11 bits per heavy atom. The van der Waals surface area contributed by atoms with E-state index >= 15 is 0 Å². The number of ether oxygens (including phenoxy) is 1. The van der Waals surface area contributed by atoms with Crippen LogP contribution in [-0.4, -0.2) is 40.3 Å². The molecule has 0 aliphatic carbocycles. The highest BCUT2D eigenvalue weighted by molar-refractivity contribution is 8.26. The van der Waals surface area contributed by atoms with Crippen LogP contribution < -0.4 is 5.32 Å². The number of nitrogens with one attached hydrogen (secondary N) is 1. The van der Waals surface area contributed by atoms with Crippen molar-refractivity contribution in [1.29, 1.82) is 0 Å². The molecule has 2 aliphatic rings. The topological polar surface area (TPSA) is 71.8 Å². The molecule has 36 heavy (non-hydrogen) atoms. The summed E-state index contributed by atoms with van der Waals surface area (Å²) in [4.78, 5) is 27.5. The minimum atomic E-state index is -0.327. The van der Waals surface area contributed by atoms with Crippen LogP contribution in [0.1, 0.15) is 40.9 Å². The van der Waals surface area contributed by atoms with Crippen molar-refractivity contribution in [2.24, 2.45) is 0 Å². The van der Waals surface area contributed by atoms with Gasteiger partial charge in [0.05, 0.1) is 17.0 Å². The number of hydrogen-bond acceptors (Lipinski definition) is 7. The predicted octanol–water partition coefficient (Wildman–Crippen LogP) is 5.65. The van der Waals surface area contributed by atoms with Gasteiger partial charge in [-0.15, -0.1) is 0 Å². The number of thioether (sulfide) groups is 1. The van der Waals surface area contributed by atoms with Crippen molar-refractivity contribution in [2.45, 2.75) is 31.8 Å². The van der Waals surface area contributed by atoms with Gasteiger partial charge in [-0.2, -0.15) is 0 Å². The fraction of sp³-hybridized carbons (Fsp3) is 0.250. The van der Waals surface area contributed by atoms with E-state index in [1.165, 1.54) is 18.2 Å². The number of nitrogens with zero attached hydrogens (tertiary/aromatic N) is 1. The number of benzene rings is 2. The van der Waals surface area contributed by atoms with Gasteiger partial charge in [0.2, 0.25) is 0 Å². The molecule has 2 aliphatic heterocycles. The van der Waals surface area contributed by atoms with Crippen LogP contribution in [-0.2, 0) is 16.1 Å². The number of hydrogen-bond donors (Lipinski definition) is 1. The summed E-state index contributed by atoms with van der Waals surface area (Å²) in [6.45, 7) is 1.81. The van der Waals surface area contributed by atoms with Gasteiger partial charge >= 0.3 is 5.97 Å². The lowest BCUT2D eigenvalue weighted by Gasteiger charge is -2.22. The summed E-state index contributed by atoms with van der Waals surface area (Å²) in [6, 6.07) is 20.8. The predicted molar refractivity (Wildman–Crippen MR) is 145 cm³/mol. The number of carbonyl (C=O) groups is 2. The molecule has 0 radical (unpaired) electrons. The molecule has 2 fully saturated rings. The Balaban J connectivity index is 1.21. The number of carbonyl (C=O) groups excluding carboxylic acids is 2. The maximum absolute atomic E-state index is 12.9. The molecule has 0 bridgehead atoms. The van der Waals surface area contributed by atoms with E-state index in [1.54, 1.807) is 23.1 Å². The Morgan fingerprint density at radius 2 is 1.92 bits per heavy atom. The molecule has 1 amide bonds. The Bertz CT molecular complexity index is 1280. The molecule has 1 unspecified atom stereocenters. The highest BCUT2D eigenvalue weighted by Crippen LogP contribution is 2.34. The third-order valence-electron chi connectivity index (χ3n) is 6.19. The largest absolute Gasteiger partial charge is 0.460 e. The monoisotopic (exact) mass is 518 g/mol. The fourth-order valence-electron chi connectivity index (χ4n) is 4.21. The van der Waals surface area contributed by atoms with Crippen LogP contribution in [0.4, 0.5) is 0 Å². The maximum Gasteiger partial charge on any atom is 0.338 e. The zero-order valence-corrected chi connectivity index (χ0v) is 21.3. The Hall–Kier alpha value is -3.20. The summed E-state index contributed by atoms with van der Waals surface area (Å²) in [6.07, 6.45) is 5.09. The van der Waals surface area contributed by atoms with E-state index in [0.717, 1.165) is 30.5 Å². The summed E-state index contributed by atoms with van der Waals surface area (Å²) < 4.78 is 12.0. The van der Waals surface area contributed by atoms with Crippen LogP contribution in [0.3, 0.4) is 0 Å². The molecular weight excluding hydrogens is 492 g/mol. The van der Waals surface area contributed by atoms with Crippen molar-refractivity contribution in [3.8, 4) is 11.3 Å². The van der Waals surface area contributed by atoms with Gasteiger partial charge in [0.25, 0.3) is 5.91 Å². The highest BCUT2D eigenvalue weighted by atomic mass is 32.2. The Morgan fingerprint density at radius 3 is 2.67 bits per heavy atom. The molecule has 6 nitrogen and oxygen atoms in total. The van der Waals surface area contributed by atoms with Crippen molar-refractivity contribution in [3.05, 3.63) is 88.5 Å². The molecule has 0 spiro atoms. The average Bonchev–Trinajstić information content (AvgIpc) is 3.49. The summed E-state index contributed by atoms with van der Waals surface area (Å²) in [5.74, 6) is 0.755. The minimum Gasteiger partial charge on any atom is -0.460 e. The minimum absolute atomic E-state index is 0.127. The number of piperidine rings is 1. The van der Waals surface area contributed by atoms with Crippen LogP contribution in [0, 0.1) is 0 Å². The van der Waals surface area contributed by atoms with Crippen LogP contribution in [0.15, 0.2) is 76.1 Å². The lowest BCUT2D eigenvalue weighted by molar-refractivity contribution is -0.122. The van der Waals surface area contributed by atoms with E-state index in [1.807, 2.05) is 54.6 Å². The number of amides is 1. The first-order chi connectivity index (χ1) is 17.6. The van der Waals surface area contributed by atoms with Gasteiger partial charge in [-0.05, 0) is 49.2 Å². The first kappa shape index (κ1) is 24.5. The first-order valence-electron chi connectivity index (χ1n) is 12.0. The van der Waals surface area contributed by atoms with Gasteiger partial charge in [-0.1, -0.05) is 72.9 Å². The van der Waals surface area contributed by atoms with E-state index in [9.17, 15) is 9.59 Å². The van der Waals surface area contributed by atoms with E-state index in [0.29, 0.717) is 39.5 Å². The smallest absolute Gasteiger partial charge is 0.338 e. The van der Waals surface area contributed by atoms with E-state index < -0.39 is 0 Å². The van der Waals surface area contributed by atoms with Crippen LogP contribution in [0.25, 0.3) is 17.4 Å². The second-order valence-corrected chi connectivity index (χ2v) is 10.5. The van der Waals surface area contributed by atoms with Gasteiger partial charge in [-0.3, -0.25) is 9.69 Å². The van der Waals surface area contributed by atoms with Gasteiger partial charge < -0.3 is 14.5 Å². The molecule has 2 saturated heterocycles. The number of furan rings is 1. The zero-order chi connectivity index (χ0) is 24.9. The summed E-state index contributed by atoms with van der Waals surface area (Å²) >= 11 is 6.71. The SMILES string of the molecule is O=C(OCC1CCCCN1)c1ccc(-c2ccc(/C=C3/SC(=S)N(Cc4ccccc4)C3=O)o2)cc1. The van der Waals surface area contributed by atoms with Crippen molar-refractivity contribution < 1.29 is 18.7 Å². The lowest BCUT2D eigenvalue weighted by atomic mass is 10.1. The lowest BCUT2D eigenvalue weighted by Crippen LogP contribution is -2.38. The molecule has 1 atom stereocenters.